The van der Waals surface area contributed by atoms with Crippen molar-refractivity contribution < 1.29 is 28.6 Å². The number of amides is 3. The Morgan fingerprint density at radius 3 is 2.57 bits per heavy atom. The summed E-state index contributed by atoms with van der Waals surface area (Å²) in [5, 5.41) is 2.52. The van der Waals surface area contributed by atoms with Crippen molar-refractivity contribution in [3.05, 3.63) is 64.8 Å². The number of pyridine rings is 1. The van der Waals surface area contributed by atoms with Crippen LogP contribution in [0.15, 0.2) is 42.5 Å². The summed E-state index contributed by atoms with van der Waals surface area (Å²) in [4.78, 5) is 40.7. The number of carbonyl (C=O) groups excluding carboxylic acids is 3. The number of esters is 1. The molecule has 35 heavy (non-hydrogen) atoms. The Morgan fingerprint density at radius 1 is 1.06 bits per heavy atom. The lowest BCUT2D eigenvalue weighted by atomic mass is 9.86. The lowest BCUT2D eigenvalue weighted by Crippen LogP contribution is -2.37. The molecular formula is C26H25N3O6. The fraction of sp³-hybridized carbons (Fsp3) is 0.231. The zero-order valence-electron chi connectivity index (χ0n) is 19.4. The average Bonchev–Trinajstić information content (AvgIpc) is 2.85. The van der Waals surface area contributed by atoms with Crippen LogP contribution in [-0.4, -0.2) is 43.7 Å². The van der Waals surface area contributed by atoms with Crippen molar-refractivity contribution in [2.75, 3.05) is 20.8 Å². The van der Waals surface area contributed by atoms with Crippen molar-refractivity contribution in [1.29, 1.82) is 0 Å². The van der Waals surface area contributed by atoms with Gasteiger partial charge in [-0.25, -0.2) is 14.6 Å². The molecule has 180 valence electrons. The zero-order valence-corrected chi connectivity index (χ0v) is 19.4. The molecule has 2 aromatic carbocycles. The number of nitrogens with zero attached hydrogens (tertiary/aromatic N) is 1. The highest BCUT2D eigenvalue weighted by atomic mass is 16.5. The van der Waals surface area contributed by atoms with Gasteiger partial charge < -0.3 is 19.9 Å². The Labute approximate surface area is 201 Å². The van der Waals surface area contributed by atoms with Crippen LogP contribution in [0.3, 0.4) is 0 Å². The number of urea groups is 1. The van der Waals surface area contributed by atoms with Crippen LogP contribution in [0.5, 0.6) is 11.5 Å². The molecule has 0 atom stereocenters. The van der Waals surface area contributed by atoms with Crippen LogP contribution in [0.2, 0.25) is 0 Å². The topological polar surface area (TPSA) is 130 Å². The number of nitrogens with two attached hydrogens (primary N) is 1. The number of allylic oxidation sites excluding steroid dienone is 1. The summed E-state index contributed by atoms with van der Waals surface area (Å²) in [6, 6.07) is 11.9. The van der Waals surface area contributed by atoms with Gasteiger partial charge >= 0.3 is 12.0 Å². The molecule has 3 aromatic rings. The quantitative estimate of drug-likeness (QED) is 0.522. The monoisotopic (exact) mass is 475 g/mol. The number of aromatic nitrogens is 1. The Balaban J connectivity index is 1.77. The number of hydrogen-bond donors (Lipinski definition) is 2. The summed E-state index contributed by atoms with van der Waals surface area (Å²) >= 11 is 0. The van der Waals surface area contributed by atoms with Crippen molar-refractivity contribution in [3.8, 4) is 11.5 Å². The highest BCUT2D eigenvalue weighted by molar-refractivity contribution is 6.07. The predicted molar refractivity (Wildman–Crippen MR) is 130 cm³/mol. The summed E-state index contributed by atoms with van der Waals surface area (Å²) < 4.78 is 16.0. The van der Waals surface area contributed by atoms with Crippen molar-refractivity contribution in [2.45, 2.75) is 19.3 Å². The summed E-state index contributed by atoms with van der Waals surface area (Å²) in [6.07, 6.45) is 4.25. The van der Waals surface area contributed by atoms with E-state index in [0.717, 1.165) is 35.2 Å². The van der Waals surface area contributed by atoms with E-state index in [4.69, 9.17) is 24.9 Å². The molecule has 4 rings (SSSR count). The molecule has 0 radical (unpaired) electrons. The van der Waals surface area contributed by atoms with E-state index in [1.54, 1.807) is 20.3 Å². The van der Waals surface area contributed by atoms with Gasteiger partial charge in [0, 0.05) is 5.39 Å². The largest absolute Gasteiger partial charge is 0.493 e. The number of fused-ring (bicyclic) bond motifs is 2. The van der Waals surface area contributed by atoms with Gasteiger partial charge in [0.2, 0.25) is 0 Å². The van der Waals surface area contributed by atoms with Crippen LogP contribution >= 0.6 is 0 Å². The first-order chi connectivity index (χ1) is 16.9. The minimum atomic E-state index is -1.01. The molecule has 0 fully saturated rings. The Kier molecular flexibility index (Phi) is 6.96. The number of primary amides is 1. The molecule has 3 amide bonds. The van der Waals surface area contributed by atoms with Crippen LogP contribution in [-0.2, 0) is 16.0 Å². The highest BCUT2D eigenvalue weighted by Gasteiger charge is 2.26. The maximum atomic E-state index is 13.1. The number of para-hydroxylation sites is 1. The van der Waals surface area contributed by atoms with Gasteiger partial charge in [0.1, 0.15) is 0 Å². The predicted octanol–water partition coefficient (Wildman–Crippen LogP) is 3.48. The second-order valence-electron chi connectivity index (χ2n) is 7.96. The van der Waals surface area contributed by atoms with Crippen molar-refractivity contribution in [3.63, 3.8) is 0 Å². The summed E-state index contributed by atoms with van der Waals surface area (Å²) in [5.74, 6) is -0.213. The van der Waals surface area contributed by atoms with Gasteiger partial charge in [-0.3, -0.25) is 10.1 Å². The fourth-order valence-electron chi connectivity index (χ4n) is 4.23. The Bertz CT molecular complexity index is 1350. The maximum Gasteiger partial charge on any atom is 0.339 e. The average molecular weight is 476 g/mol. The number of nitrogens with one attached hydrogen (secondary N) is 1. The van der Waals surface area contributed by atoms with E-state index in [9.17, 15) is 14.4 Å². The lowest BCUT2D eigenvalue weighted by molar-refractivity contribution is -0.123. The third-order valence-electron chi connectivity index (χ3n) is 5.72. The van der Waals surface area contributed by atoms with Crippen molar-refractivity contribution >= 4 is 40.5 Å². The maximum absolute atomic E-state index is 13.1. The Hall–Kier alpha value is -4.40. The normalized spacial score (nSPS) is 13.7. The van der Waals surface area contributed by atoms with Crippen LogP contribution in [0.4, 0.5) is 4.79 Å². The first-order valence-corrected chi connectivity index (χ1v) is 11.0. The summed E-state index contributed by atoms with van der Waals surface area (Å²) in [7, 11) is 3.17. The molecule has 0 saturated heterocycles. The molecule has 1 aliphatic rings. The molecule has 0 spiro atoms. The van der Waals surface area contributed by atoms with E-state index in [2.05, 4.69) is 0 Å². The third kappa shape index (κ3) is 5.08. The fourth-order valence-corrected chi connectivity index (χ4v) is 4.23. The first kappa shape index (κ1) is 23.7. The number of rotatable bonds is 6. The van der Waals surface area contributed by atoms with E-state index in [1.165, 1.54) is 0 Å². The SMILES string of the molecule is COc1ccc(C=C2CCCc3c2nc2ccccc2c3C(=O)OCC(=O)NC(N)=O)cc1OC. The third-order valence-corrected chi connectivity index (χ3v) is 5.72. The minimum absolute atomic E-state index is 0.371. The number of methoxy groups -OCH3 is 2. The number of imide groups is 1. The van der Waals surface area contributed by atoms with Gasteiger partial charge in [-0.05, 0) is 60.2 Å². The molecule has 9 nitrogen and oxygen atoms in total. The van der Waals surface area contributed by atoms with E-state index < -0.39 is 24.5 Å². The van der Waals surface area contributed by atoms with Gasteiger partial charge in [0.15, 0.2) is 18.1 Å². The molecular weight excluding hydrogens is 450 g/mol. The van der Waals surface area contributed by atoms with Crippen LogP contribution in [0.1, 0.15) is 40.0 Å². The van der Waals surface area contributed by atoms with E-state index in [1.807, 2.05) is 47.8 Å². The van der Waals surface area contributed by atoms with E-state index in [0.29, 0.717) is 34.4 Å². The molecule has 1 heterocycles. The van der Waals surface area contributed by atoms with Crippen LogP contribution < -0.4 is 20.5 Å². The molecule has 0 bridgehead atoms. The molecule has 0 saturated carbocycles. The lowest BCUT2D eigenvalue weighted by Gasteiger charge is -2.22. The zero-order chi connectivity index (χ0) is 24.9. The Morgan fingerprint density at radius 2 is 1.83 bits per heavy atom. The first-order valence-electron chi connectivity index (χ1n) is 11.0. The van der Waals surface area contributed by atoms with Gasteiger partial charge in [0.05, 0.1) is 31.0 Å². The molecule has 1 aliphatic carbocycles. The van der Waals surface area contributed by atoms with Crippen LogP contribution in [0, 0.1) is 0 Å². The number of benzene rings is 2. The standard InChI is InChI=1S/C26H25N3O6/c1-33-20-11-10-15(13-21(20)34-2)12-16-6-5-8-18-23(25(31)35-14-22(30)29-26(27)32)17-7-3-4-9-19(17)28-24(16)18/h3-4,7,9-13H,5-6,8,14H2,1-2H3,(H3,27,29,30,32). The van der Waals surface area contributed by atoms with Crippen molar-refractivity contribution in [2.24, 2.45) is 5.73 Å². The second kappa shape index (κ2) is 10.3. The summed E-state index contributed by atoms with van der Waals surface area (Å²) in [6.45, 7) is -0.623. The molecule has 1 aromatic heterocycles. The summed E-state index contributed by atoms with van der Waals surface area (Å²) in [5.41, 5.74) is 9.33. The number of hydrogen-bond acceptors (Lipinski definition) is 7. The van der Waals surface area contributed by atoms with E-state index in [-0.39, 0.29) is 0 Å². The molecule has 0 unspecified atom stereocenters. The van der Waals surface area contributed by atoms with Crippen LogP contribution in [0.25, 0.3) is 22.6 Å². The van der Waals surface area contributed by atoms with Gasteiger partial charge in [0.25, 0.3) is 5.91 Å². The second-order valence-corrected chi connectivity index (χ2v) is 7.96. The smallest absolute Gasteiger partial charge is 0.339 e. The molecule has 9 heteroatoms. The van der Waals surface area contributed by atoms with Gasteiger partial charge in [-0.2, -0.15) is 0 Å². The molecule has 0 aliphatic heterocycles. The minimum Gasteiger partial charge on any atom is -0.493 e. The number of carbonyl (C=O) groups is 3. The van der Waals surface area contributed by atoms with E-state index >= 15 is 0 Å². The molecule has 3 N–H and O–H groups in total. The number of ether oxygens (including phenoxy) is 3. The van der Waals surface area contributed by atoms with Gasteiger partial charge in [-0.1, -0.05) is 24.3 Å². The van der Waals surface area contributed by atoms with Gasteiger partial charge in [-0.15, -0.1) is 0 Å². The highest BCUT2D eigenvalue weighted by Crippen LogP contribution is 2.37. The van der Waals surface area contributed by atoms with Crippen molar-refractivity contribution in [1.82, 2.24) is 10.3 Å².